The highest BCUT2D eigenvalue weighted by molar-refractivity contribution is 6.84. The van der Waals surface area contributed by atoms with Crippen LogP contribution in [0.3, 0.4) is 0 Å². The lowest BCUT2D eigenvalue weighted by molar-refractivity contribution is 0.474. The van der Waals surface area contributed by atoms with E-state index in [0.717, 1.165) is 12.8 Å². The molecule has 2 aromatic carbocycles. The highest BCUT2D eigenvalue weighted by Crippen LogP contribution is 2.26. The van der Waals surface area contributed by atoms with Gasteiger partial charge in [0.1, 0.15) is 11.5 Å². The molecule has 0 spiro atoms. The number of unbranched alkanes of at least 4 members (excludes halogenated alkanes) is 2. The summed E-state index contributed by atoms with van der Waals surface area (Å²) in [6.07, 6.45) is 6.93. The highest BCUT2D eigenvalue weighted by Gasteiger charge is 2.32. The first kappa shape index (κ1) is 23.7. The Kier molecular flexibility index (Phi) is 8.99. The van der Waals surface area contributed by atoms with Gasteiger partial charge in [0.2, 0.25) is 0 Å². The quantitative estimate of drug-likeness (QED) is 0.285. The molecule has 2 N–H and O–H groups in total. The monoisotopic (exact) mass is 430 g/mol. The van der Waals surface area contributed by atoms with Gasteiger partial charge in [-0.05, 0) is 99.4 Å². The zero-order valence-corrected chi connectivity index (χ0v) is 20.6. The van der Waals surface area contributed by atoms with Crippen LogP contribution >= 0.6 is 0 Å². The van der Waals surface area contributed by atoms with E-state index in [9.17, 15) is 10.2 Å². The molecule has 0 saturated heterocycles. The van der Waals surface area contributed by atoms with E-state index in [-0.39, 0.29) is 0 Å². The average molecular weight is 431 g/mol. The first-order valence-corrected chi connectivity index (χ1v) is 17.1. The van der Waals surface area contributed by atoms with E-state index in [1.54, 1.807) is 24.3 Å². The topological polar surface area (TPSA) is 49.7 Å². The van der Waals surface area contributed by atoms with E-state index >= 15 is 0 Å². The van der Waals surface area contributed by atoms with Gasteiger partial charge in [-0.2, -0.15) is 0 Å². The fourth-order valence-electron chi connectivity index (χ4n) is 3.93. The second-order valence-electron chi connectivity index (χ2n) is 9.37. The van der Waals surface area contributed by atoms with Crippen LogP contribution in [0.1, 0.15) is 36.8 Å². The number of aryl methyl sites for hydroxylation is 2. The van der Waals surface area contributed by atoms with Crippen LogP contribution in [0.4, 0.5) is 0 Å². The number of hydrogen-bond donors (Lipinski definition) is 2. The molecule has 0 aromatic heterocycles. The van der Waals surface area contributed by atoms with Crippen molar-refractivity contribution in [2.75, 3.05) is 0 Å². The first-order chi connectivity index (χ1) is 13.7. The molecule has 29 heavy (non-hydrogen) atoms. The second kappa shape index (κ2) is 11.0. The second-order valence-corrected chi connectivity index (χ2v) is 18.2. The Morgan fingerprint density at radius 3 is 1.28 bits per heavy atom. The number of aromatic hydroxyl groups is 2. The zero-order chi connectivity index (χ0) is 21.3. The van der Waals surface area contributed by atoms with Gasteiger partial charge in [-0.25, -0.2) is 0 Å². The van der Waals surface area contributed by atoms with Crippen molar-refractivity contribution in [3.8, 4) is 11.5 Å². The molecule has 0 aliphatic heterocycles. The van der Waals surface area contributed by atoms with Crippen LogP contribution in [0, 0.1) is 0 Å². The molecule has 0 fully saturated rings. The van der Waals surface area contributed by atoms with Crippen LogP contribution in [0.15, 0.2) is 48.5 Å². The van der Waals surface area contributed by atoms with Crippen LogP contribution < -0.4 is 0 Å². The molecule has 5 heteroatoms. The molecule has 0 unspecified atom stereocenters. The third kappa shape index (κ3) is 9.65. The summed E-state index contributed by atoms with van der Waals surface area (Å²) in [7, 11) is -3.24. The van der Waals surface area contributed by atoms with Crippen LogP contribution in [0.2, 0.25) is 38.3 Å². The molecule has 0 amide bonds. The Morgan fingerprint density at radius 1 is 0.586 bits per heavy atom. The molecule has 0 radical (unpaired) electrons. The van der Waals surface area contributed by atoms with Crippen molar-refractivity contribution in [3.05, 3.63) is 59.7 Å². The van der Waals surface area contributed by atoms with Crippen LogP contribution in [0.25, 0.3) is 0 Å². The normalized spacial score (nSPS) is 12.3. The molecule has 0 aliphatic carbocycles. The van der Waals surface area contributed by atoms with Crippen molar-refractivity contribution >= 4 is 16.6 Å². The first-order valence-electron chi connectivity index (χ1n) is 10.9. The van der Waals surface area contributed by atoms with Crippen molar-refractivity contribution in [1.82, 2.24) is 0 Å². The maximum atomic E-state index is 9.37. The predicted molar refractivity (Wildman–Crippen MR) is 128 cm³/mol. The summed E-state index contributed by atoms with van der Waals surface area (Å²) in [5.41, 5.74) is 2.60. The molecule has 160 valence electrons. The van der Waals surface area contributed by atoms with E-state index in [2.05, 4.69) is 26.2 Å². The molecular weight excluding hydrogens is 392 g/mol. The Balaban J connectivity index is 1.65. The fourth-order valence-corrected chi connectivity index (χ4v) is 12.9. The largest absolute Gasteiger partial charge is 0.508 e. The fraction of sp³-hybridized carbons (Fsp3) is 0.500. The summed E-state index contributed by atoms with van der Waals surface area (Å²) in [5.74, 6) is 0.678. The summed E-state index contributed by atoms with van der Waals surface area (Å²) < 4.78 is 6.77. The molecule has 0 atom stereocenters. The standard InChI is InChI=1S/C24H38O3Si2/c1-28(2,19-7-5-9-21-11-15-23(25)16-12-21)27-29(3,4)20-8-6-10-22-13-17-24(26)18-14-22/h11-18,25-26H,5-10,19-20H2,1-4H3. The Morgan fingerprint density at radius 2 is 0.931 bits per heavy atom. The summed E-state index contributed by atoms with van der Waals surface area (Å²) in [6.45, 7) is 9.50. The molecule has 0 aliphatic rings. The van der Waals surface area contributed by atoms with Crippen molar-refractivity contribution in [2.24, 2.45) is 0 Å². The predicted octanol–water partition coefficient (Wildman–Crippen LogP) is 6.87. The molecular formula is C24H38O3Si2. The van der Waals surface area contributed by atoms with Crippen molar-refractivity contribution in [3.63, 3.8) is 0 Å². The van der Waals surface area contributed by atoms with Crippen molar-refractivity contribution in [1.29, 1.82) is 0 Å². The van der Waals surface area contributed by atoms with E-state index in [1.807, 2.05) is 24.3 Å². The summed E-state index contributed by atoms with van der Waals surface area (Å²) in [4.78, 5) is 0. The van der Waals surface area contributed by atoms with E-state index in [4.69, 9.17) is 4.12 Å². The van der Waals surface area contributed by atoms with Crippen LogP contribution in [0.5, 0.6) is 11.5 Å². The lowest BCUT2D eigenvalue weighted by Gasteiger charge is -2.34. The maximum Gasteiger partial charge on any atom is 0.173 e. The number of phenols is 2. The number of benzene rings is 2. The minimum absolute atomic E-state index is 0.339. The van der Waals surface area contributed by atoms with Gasteiger partial charge in [-0.15, -0.1) is 0 Å². The van der Waals surface area contributed by atoms with E-state index in [0.29, 0.717) is 11.5 Å². The van der Waals surface area contributed by atoms with Crippen LogP contribution in [-0.2, 0) is 17.0 Å². The minimum Gasteiger partial charge on any atom is -0.508 e. The van der Waals surface area contributed by atoms with Gasteiger partial charge in [-0.1, -0.05) is 37.1 Å². The Labute approximate surface area is 179 Å². The number of hydrogen-bond acceptors (Lipinski definition) is 3. The average Bonchev–Trinajstić information content (AvgIpc) is 2.64. The van der Waals surface area contributed by atoms with Crippen molar-refractivity contribution in [2.45, 2.75) is 76.8 Å². The van der Waals surface area contributed by atoms with E-state index < -0.39 is 16.6 Å². The Bertz CT molecular complexity index is 661. The molecule has 2 rings (SSSR count). The molecule has 0 bridgehead atoms. The third-order valence-electron chi connectivity index (χ3n) is 5.41. The Hall–Kier alpha value is -1.57. The molecule has 2 aromatic rings. The highest BCUT2D eigenvalue weighted by atomic mass is 28.4. The van der Waals surface area contributed by atoms with Gasteiger partial charge >= 0.3 is 0 Å². The third-order valence-corrected chi connectivity index (χ3v) is 12.9. The summed E-state index contributed by atoms with van der Waals surface area (Å²) in [6, 6.07) is 17.6. The number of phenolic OH excluding ortho intramolecular Hbond substituents is 2. The van der Waals surface area contributed by atoms with Crippen molar-refractivity contribution < 1.29 is 14.3 Å². The van der Waals surface area contributed by atoms with Gasteiger partial charge in [0.25, 0.3) is 0 Å². The summed E-state index contributed by atoms with van der Waals surface area (Å²) >= 11 is 0. The van der Waals surface area contributed by atoms with Gasteiger partial charge in [0, 0.05) is 0 Å². The lowest BCUT2D eigenvalue weighted by atomic mass is 10.1. The SMILES string of the molecule is C[Si](C)(CCCCc1ccc(O)cc1)O[Si](C)(C)CCCCc1ccc(O)cc1. The lowest BCUT2D eigenvalue weighted by Crippen LogP contribution is -2.44. The van der Waals surface area contributed by atoms with Gasteiger partial charge in [0.15, 0.2) is 16.6 Å². The van der Waals surface area contributed by atoms with E-state index in [1.165, 1.54) is 48.9 Å². The van der Waals surface area contributed by atoms with Gasteiger partial charge in [-0.3, -0.25) is 0 Å². The molecule has 3 nitrogen and oxygen atoms in total. The van der Waals surface area contributed by atoms with Gasteiger partial charge < -0.3 is 14.3 Å². The smallest absolute Gasteiger partial charge is 0.173 e. The molecule has 0 heterocycles. The maximum absolute atomic E-state index is 9.37. The number of rotatable bonds is 12. The van der Waals surface area contributed by atoms with Gasteiger partial charge in [0.05, 0.1) is 0 Å². The van der Waals surface area contributed by atoms with Crippen LogP contribution in [-0.4, -0.2) is 26.8 Å². The zero-order valence-electron chi connectivity index (χ0n) is 18.6. The minimum atomic E-state index is -1.62. The molecule has 0 saturated carbocycles. The summed E-state index contributed by atoms with van der Waals surface area (Å²) in [5, 5.41) is 18.7.